The monoisotopic (exact) mass is 239 g/mol. The SMILES string of the molecule is COc1ccc(C(C)COC(N)=O)c(OC)c1. The van der Waals surface area contributed by atoms with Gasteiger partial charge in [-0.15, -0.1) is 0 Å². The van der Waals surface area contributed by atoms with Gasteiger partial charge in [-0.1, -0.05) is 13.0 Å². The molecule has 1 aromatic rings. The first kappa shape index (κ1) is 13.2. The van der Waals surface area contributed by atoms with Crippen molar-refractivity contribution in [3.63, 3.8) is 0 Å². The van der Waals surface area contributed by atoms with Gasteiger partial charge in [0.15, 0.2) is 0 Å². The third-order valence-corrected chi connectivity index (χ3v) is 2.45. The topological polar surface area (TPSA) is 70.8 Å². The highest BCUT2D eigenvalue weighted by Crippen LogP contribution is 2.30. The lowest BCUT2D eigenvalue weighted by atomic mass is 10.0. The predicted molar refractivity (Wildman–Crippen MR) is 63.5 cm³/mol. The smallest absolute Gasteiger partial charge is 0.404 e. The van der Waals surface area contributed by atoms with Crippen molar-refractivity contribution in [3.05, 3.63) is 23.8 Å². The van der Waals surface area contributed by atoms with Crippen LogP contribution in [0.25, 0.3) is 0 Å². The molecule has 1 amide bonds. The molecule has 5 nitrogen and oxygen atoms in total. The van der Waals surface area contributed by atoms with Gasteiger partial charge < -0.3 is 19.9 Å². The number of primary amides is 1. The predicted octanol–water partition coefficient (Wildman–Crippen LogP) is 1.90. The summed E-state index contributed by atoms with van der Waals surface area (Å²) in [4.78, 5) is 10.5. The van der Waals surface area contributed by atoms with Gasteiger partial charge in [0.1, 0.15) is 11.5 Å². The van der Waals surface area contributed by atoms with E-state index >= 15 is 0 Å². The molecule has 5 heteroatoms. The zero-order valence-corrected chi connectivity index (χ0v) is 10.2. The van der Waals surface area contributed by atoms with Crippen molar-refractivity contribution in [1.82, 2.24) is 0 Å². The molecule has 0 radical (unpaired) electrons. The van der Waals surface area contributed by atoms with E-state index < -0.39 is 6.09 Å². The van der Waals surface area contributed by atoms with Crippen LogP contribution < -0.4 is 15.2 Å². The first-order valence-electron chi connectivity index (χ1n) is 5.22. The Morgan fingerprint density at radius 3 is 2.59 bits per heavy atom. The molecule has 2 N–H and O–H groups in total. The summed E-state index contributed by atoms with van der Waals surface area (Å²) < 4.78 is 15.1. The molecule has 1 rings (SSSR count). The van der Waals surface area contributed by atoms with Crippen molar-refractivity contribution in [1.29, 1.82) is 0 Å². The Morgan fingerprint density at radius 2 is 2.06 bits per heavy atom. The Hall–Kier alpha value is -1.91. The molecule has 0 aliphatic heterocycles. The molecule has 0 aromatic heterocycles. The van der Waals surface area contributed by atoms with E-state index in [0.717, 1.165) is 5.56 Å². The quantitative estimate of drug-likeness (QED) is 0.851. The van der Waals surface area contributed by atoms with E-state index in [2.05, 4.69) is 0 Å². The number of nitrogens with two attached hydrogens (primary N) is 1. The number of carbonyl (C=O) groups is 1. The normalized spacial score (nSPS) is 11.7. The highest BCUT2D eigenvalue weighted by atomic mass is 16.5. The highest BCUT2D eigenvalue weighted by Gasteiger charge is 2.13. The number of ether oxygens (including phenoxy) is 3. The molecule has 0 saturated heterocycles. The van der Waals surface area contributed by atoms with Crippen LogP contribution >= 0.6 is 0 Å². The van der Waals surface area contributed by atoms with Gasteiger partial charge in [-0.25, -0.2) is 4.79 Å². The fourth-order valence-electron chi connectivity index (χ4n) is 1.52. The number of amides is 1. The van der Waals surface area contributed by atoms with Gasteiger partial charge in [0, 0.05) is 17.5 Å². The second kappa shape index (κ2) is 5.98. The number of methoxy groups -OCH3 is 2. The van der Waals surface area contributed by atoms with Crippen LogP contribution in [0.4, 0.5) is 4.79 Å². The molecule has 0 spiro atoms. The van der Waals surface area contributed by atoms with E-state index in [1.807, 2.05) is 19.1 Å². The van der Waals surface area contributed by atoms with E-state index in [-0.39, 0.29) is 12.5 Å². The molecule has 1 aromatic carbocycles. The second-order valence-corrected chi connectivity index (χ2v) is 3.64. The Morgan fingerprint density at radius 1 is 1.35 bits per heavy atom. The lowest BCUT2D eigenvalue weighted by molar-refractivity contribution is 0.150. The van der Waals surface area contributed by atoms with E-state index in [1.54, 1.807) is 20.3 Å². The summed E-state index contributed by atoms with van der Waals surface area (Å²) in [6, 6.07) is 5.50. The molecule has 94 valence electrons. The van der Waals surface area contributed by atoms with E-state index in [4.69, 9.17) is 19.9 Å². The summed E-state index contributed by atoms with van der Waals surface area (Å²) in [5, 5.41) is 0. The number of carbonyl (C=O) groups excluding carboxylic acids is 1. The Balaban J connectivity index is 2.84. The maximum atomic E-state index is 10.5. The second-order valence-electron chi connectivity index (χ2n) is 3.64. The van der Waals surface area contributed by atoms with Crippen LogP contribution in [0.2, 0.25) is 0 Å². The third-order valence-electron chi connectivity index (χ3n) is 2.45. The lowest BCUT2D eigenvalue weighted by Gasteiger charge is -2.16. The molecule has 0 bridgehead atoms. The fourth-order valence-corrected chi connectivity index (χ4v) is 1.52. The minimum atomic E-state index is -0.774. The molecule has 0 saturated carbocycles. The van der Waals surface area contributed by atoms with Gasteiger partial charge in [0.25, 0.3) is 0 Å². The summed E-state index contributed by atoms with van der Waals surface area (Å²) in [5.74, 6) is 1.42. The van der Waals surface area contributed by atoms with Gasteiger partial charge in [-0.3, -0.25) is 0 Å². The standard InChI is InChI=1S/C12H17NO4/c1-8(7-17-12(13)14)10-5-4-9(15-2)6-11(10)16-3/h4-6,8H,7H2,1-3H3,(H2,13,14). The third kappa shape index (κ3) is 3.55. The number of hydrogen-bond acceptors (Lipinski definition) is 4. The van der Waals surface area contributed by atoms with E-state index in [0.29, 0.717) is 11.5 Å². The van der Waals surface area contributed by atoms with Crippen molar-refractivity contribution < 1.29 is 19.0 Å². The van der Waals surface area contributed by atoms with Crippen molar-refractivity contribution in [2.45, 2.75) is 12.8 Å². The molecule has 0 heterocycles. The minimum Gasteiger partial charge on any atom is -0.497 e. The van der Waals surface area contributed by atoms with E-state index in [1.165, 1.54) is 0 Å². The molecule has 0 fully saturated rings. The van der Waals surface area contributed by atoms with Crippen LogP contribution in [0.5, 0.6) is 11.5 Å². The minimum absolute atomic E-state index is 0.00311. The van der Waals surface area contributed by atoms with Crippen LogP contribution in [-0.4, -0.2) is 26.9 Å². The maximum absolute atomic E-state index is 10.5. The molecular formula is C12H17NO4. The van der Waals surface area contributed by atoms with Gasteiger partial charge in [0.05, 0.1) is 20.8 Å². The molecule has 1 atom stereocenters. The summed E-state index contributed by atoms with van der Waals surface area (Å²) >= 11 is 0. The first-order chi connectivity index (χ1) is 8.08. The summed E-state index contributed by atoms with van der Waals surface area (Å²) in [7, 11) is 3.17. The lowest BCUT2D eigenvalue weighted by Crippen LogP contribution is -2.17. The Bertz CT molecular complexity index is 392. The molecule has 17 heavy (non-hydrogen) atoms. The van der Waals surface area contributed by atoms with Crippen molar-refractivity contribution in [2.24, 2.45) is 5.73 Å². The molecule has 1 unspecified atom stereocenters. The number of hydrogen-bond donors (Lipinski definition) is 1. The van der Waals surface area contributed by atoms with Gasteiger partial charge >= 0.3 is 6.09 Å². The summed E-state index contributed by atoms with van der Waals surface area (Å²) in [6.07, 6.45) is -0.774. The summed E-state index contributed by atoms with van der Waals surface area (Å²) in [6.45, 7) is 2.14. The van der Waals surface area contributed by atoms with Crippen molar-refractivity contribution in [2.75, 3.05) is 20.8 Å². The molecule has 0 aliphatic rings. The fraction of sp³-hybridized carbons (Fsp3) is 0.417. The van der Waals surface area contributed by atoms with Crippen LogP contribution in [0, 0.1) is 0 Å². The van der Waals surface area contributed by atoms with Crippen molar-refractivity contribution in [3.8, 4) is 11.5 Å². The van der Waals surface area contributed by atoms with E-state index in [9.17, 15) is 4.79 Å². The van der Waals surface area contributed by atoms with Crippen LogP contribution in [0.1, 0.15) is 18.4 Å². The molecule has 0 aliphatic carbocycles. The van der Waals surface area contributed by atoms with Crippen LogP contribution in [0.15, 0.2) is 18.2 Å². The largest absolute Gasteiger partial charge is 0.497 e. The first-order valence-corrected chi connectivity index (χ1v) is 5.22. The Kier molecular flexibility index (Phi) is 4.63. The number of benzene rings is 1. The average molecular weight is 239 g/mol. The van der Waals surface area contributed by atoms with Crippen molar-refractivity contribution >= 4 is 6.09 Å². The number of rotatable bonds is 5. The van der Waals surface area contributed by atoms with Gasteiger partial charge in [-0.05, 0) is 6.07 Å². The zero-order valence-electron chi connectivity index (χ0n) is 10.2. The highest BCUT2D eigenvalue weighted by molar-refractivity contribution is 5.64. The van der Waals surface area contributed by atoms with Crippen LogP contribution in [0.3, 0.4) is 0 Å². The summed E-state index contributed by atoms with van der Waals surface area (Å²) in [5.41, 5.74) is 5.86. The average Bonchev–Trinajstić information content (AvgIpc) is 2.34. The Labute approximate surface area is 100 Å². The van der Waals surface area contributed by atoms with Gasteiger partial charge in [0.2, 0.25) is 0 Å². The zero-order chi connectivity index (χ0) is 12.8. The van der Waals surface area contributed by atoms with Crippen LogP contribution in [-0.2, 0) is 4.74 Å². The molecular weight excluding hydrogens is 222 g/mol. The van der Waals surface area contributed by atoms with Gasteiger partial charge in [-0.2, -0.15) is 0 Å². The maximum Gasteiger partial charge on any atom is 0.404 e.